The molecular formula is C23H22N2O4. The van der Waals surface area contributed by atoms with Gasteiger partial charge in [-0.1, -0.05) is 23.8 Å². The molecule has 0 atom stereocenters. The van der Waals surface area contributed by atoms with Crippen molar-refractivity contribution in [3.8, 4) is 5.75 Å². The van der Waals surface area contributed by atoms with Crippen LogP contribution in [0.1, 0.15) is 28.1 Å². The molecule has 3 aromatic rings. The van der Waals surface area contributed by atoms with E-state index >= 15 is 0 Å². The van der Waals surface area contributed by atoms with Crippen molar-refractivity contribution < 1.29 is 18.7 Å². The summed E-state index contributed by atoms with van der Waals surface area (Å²) in [6, 6.07) is 16.4. The van der Waals surface area contributed by atoms with E-state index in [0.717, 1.165) is 18.5 Å². The van der Waals surface area contributed by atoms with Gasteiger partial charge in [-0.15, -0.1) is 0 Å². The molecule has 6 nitrogen and oxygen atoms in total. The number of furan rings is 1. The predicted octanol–water partition coefficient (Wildman–Crippen LogP) is 4.20. The van der Waals surface area contributed by atoms with Gasteiger partial charge in [-0.25, -0.2) is 0 Å². The largest absolute Gasteiger partial charge is 0.484 e. The molecule has 4 rings (SSSR count). The molecule has 1 aliphatic rings. The van der Waals surface area contributed by atoms with Gasteiger partial charge in [-0.2, -0.15) is 0 Å². The molecule has 2 aromatic carbocycles. The van der Waals surface area contributed by atoms with Gasteiger partial charge in [0.2, 0.25) is 0 Å². The van der Waals surface area contributed by atoms with Gasteiger partial charge in [0.25, 0.3) is 11.8 Å². The number of anilines is 2. The number of nitrogens with one attached hydrogen (secondary N) is 1. The number of nitrogens with zero attached hydrogens (tertiary/aromatic N) is 1. The summed E-state index contributed by atoms with van der Waals surface area (Å²) in [7, 11) is 0. The highest BCUT2D eigenvalue weighted by atomic mass is 16.5. The Hall–Kier alpha value is -3.54. The van der Waals surface area contributed by atoms with Gasteiger partial charge in [0.1, 0.15) is 5.75 Å². The third-order valence-corrected chi connectivity index (χ3v) is 4.85. The van der Waals surface area contributed by atoms with Gasteiger partial charge < -0.3 is 19.4 Å². The smallest absolute Gasteiger partial charge is 0.291 e. The minimum Gasteiger partial charge on any atom is -0.484 e. The minimum atomic E-state index is -0.344. The molecule has 0 aliphatic carbocycles. The molecule has 0 bridgehead atoms. The highest BCUT2D eigenvalue weighted by Crippen LogP contribution is 2.28. The number of rotatable bonds is 5. The van der Waals surface area contributed by atoms with Crippen LogP contribution in [0.4, 0.5) is 11.4 Å². The van der Waals surface area contributed by atoms with Crippen molar-refractivity contribution in [3.63, 3.8) is 0 Å². The lowest BCUT2D eigenvalue weighted by atomic mass is 9.99. The molecular weight excluding hydrogens is 368 g/mol. The molecule has 6 heteroatoms. The summed E-state index contributed by atoms with van der Waals surface area (Å²) in [6.45, 7) is 2.68. The number of benzene rings is 2. The van der Waals surface area contributed by atoms with Crippen LogP contribution in [0.3, 0.4) is 0 Å². The van der Waals surface area contributed by atoms with Gasteiger partial charge >= 0.3 is 0 Å². The van der Waals surface area contributed by atoms with Crippen molar-refractivity contribution in [2.45, 2.75) is 19.8 Å². The minimum absolute atomic E-state index is 0.0666. The molecule has 0 fully saturated rings. The SMILES string of the molecule is Cc1ccc2c(c1)CCCN2C(=O)COc1cccc(NC(=O)c2ccco2)c1. The lowest BCUT2D eigenvalue weighted by molar-refractivity contribution is -0.120. The number of hydrogen-bond donors (Lipinski definition) is 1. The van der Waals surface area contributed by atoms with Crippen LogP contribution in [-0.4, -0.2) is 25.0 Å². The molecule has 0 saturated carbocycles. The first-order valence-corrected chi connectivity index (χ1v) is 9.58. The van der Waals surface area contributed by atoms with Crippen molar-refractivity contribution in [2.75, 3.05) is 23.4 Å². The van der Waals surface area contributed by atoms with Gasteiger partial charge in [0, 0.05) is 24.0 Å². The Morgan fingerprint density at radius 1 is 1.14 bits per heavy atom. The van der Waals surface area contributed by atoms with E-state index in [4.69, 9.17) is 9.15 Å². The molecule has 148 valence electrons. The predicted molar refractivity (Wildman–Crippen MR) is 110 cm³/mol. The number of fused-ring (bicyclic) bond motifs is 1. The number of hydrogen-bond acceptors (Lipinski definition) is 4. The van der Waals surface area contributed by atoms with E-state index in [0.29, 0.717) is 18.0 Å². The molecule has 1 aliphatic heterocycles. The van der Waals surface area contributed by atoms with Crippen LogP contribution in [0.25, 0.3) is 0 Å². The van der Waals surface area contributed by atoms with E-state index < -0.39 is 0 Å². The Kier molecular flexibility index (Phi) is 5.33. The van der Waals surface area contributed by atoms with Crippen molar-refractivity contribution in [1.29, 1.82) is 0 Å². The van der Waals surface area contributed by atoms with E-state index in [1.54, 1.807) is 41.3 Å². The Morgan fingerprint density at radius 2 is 2.03 bits per heavy atom. The third-order valence-electron chi connectivity index (χ3n) is 4.85. The Bertz CT molecular complexity index is 1030. The fraction of sp³-hybridized carbons (Fsp3) is 0.217. The molecule has 0 spiro atoms. The maximum atomic E-state index is 12.8. The van der Waals surface area contributed by atoms with E-state index in [9.17, 15) is 9.59 Å². The number of aryl methyl sites for hydroxylation is 2. The van der Waals surface area contributed by atoms with E-state index in [-0.39, 0.29) is 24.2 Å². The topological polar surface area (TPSA) is 71.8 Å². The van der Waals surface area contributed by atoms with Crippen molar-refractivity contribution >= 4 is 23.2 Å². The number of amides is 2. The lowest BCUT2D eigenvalue weighted by Gasteiger charge is -2.29. The maximum absolute atomic E-state index is 12.8. The number of carbonyl (C=O) groups is 2. The summed E-state index contributed by atoms with van der Waals surface area (Å²) >= 11 is 0. The van der Waals surface area contributed by atoms with Gasteiger partial charge in [-0.05, 0) is 55.7 Å². The van der Waals surface area contributed by atoms with Crippen molar-refractivity contribution in [2.24, 2.45) is 0 Å². The summed E-state index contributed by atoms with van der Waals surface area (Å²) in [5.74, 6) is 0.311. The molecule has 1 N–H and O–H groups in total. The zero-order chi connectivity index (χ0) is 20.2. The fourth-order valence-electron chi connectivity index (χ4n) is 3.47. The average Bonchev–Trinajstić information content (AvgIpc) is 3.27. The van der Waals surface area contributed by atoms with Crippen LogP contribution in [0, 0.1) is 6.92 Å². The van der Waals surface area contributed by atoms with Crippen LogP contribution >= 0.6 is 0 Å². The van der Waals surface area contributed by atoms with Crippen LogP contribution in [0.5, 0.6) is 5.75 Å². The highest BCUT2D eigenvalue weighted by molar-refractivity contribution is 6.02. The van der Waals surface area contributed by atoms with E-state index in [1.807, 2.05) is 12.1 Å². The highest BCUT2D eigenvalue weighted by Gasteiger charge is 2.22. The monoisotopic (exact) mass is 390 g/mol. The lowest BCUT2D eigenvalue weighted by Crippen LogP contribution is -2.38. The molecule has 29 heavy (non-hydrogen) atoms. The fourth-order valence-corrected chi connectivity index (χ4v) is 3.47. The first kappa shape index (κ1) is 18.8. The Balaban J connectivity index is 1.40. The molecule has 2 heterocycles. The third kappa shape index (κ3) is 4.32. The number of ether oxygens (including phenoxy) is 1. The van der Waals surface area contributed by atoms with E-state index in [1.165, 1.54) is 17.4 Å². The van der Waals surface area contributed by atoms with Gasteiger partial charge in [0.05, 0.1) is 6.26 Å². The van der Waals surface area contributed by atoms with Crippen molar-refractivity contribution in [3.05, 3.63) is 77.7 Å². The summed E-state index contributed by atoms with van der Waals surface area (Å²) in [6.07, 6.45) is 3.37. The zero-order valence-electron chi connectivity index (χ0n) is 16.2. The standard InChI is InChI=1S/C23H22N2O4/c1-16-9-10-20-17(13-16)5-3-11-25(20)22(26)15-29-19-7-2-6-18(14-19)24-23(27)21-8-4-12-28-21/h2,4,6-10,12-14H,3,5,11,15H2,1H3,(H,24,27). The summed E-state index contributed by atoms with van der Waals surface area (Å²) in [5, 5.41) is 2.75. The average molecular weight is 390 g/mol. The second-order valence-corrected chi connectivity index (χ2v) is 7.03. The molecule has 0 saturated heterocycles. The first-order valence-electron chi connectivity index (χ1n) is 9.58. The number of carbonyl (C=O) groups excluding carboxylic acids is 2. The normalized spacial score (nSPS) is 12.9. The molecule has 2 amide bonds. The van der Waals surface area contributed by atoms with Crippen LogP contribution < -0.4 is 15.0 Å². The maximum Gasteiger partial charge on any atom is 0.291 e. The molecule has 0 radical (unpaired) electrons. The van der Waals surface area contributed by atoms with Crippen LogP contribution in [0.15, 0.2) is 65.3 Å². The summed E-state index contributed by atoms with van der Waals surface area (Å²) in [5.41, 5.74) is 3.93. The first-order chi connectivity index (χ1) is 14.1. The quantitative estimate of drug-likeness (QED) is 0.709. The second-order valence-electron chi connectivity index (χ2n) is 7.03. The van der Waals surface area contributed by atoms with Crippen LogP contribution in [-0.2, 0) is 11.2 Å². The summed E-state index contributed by atoms with van der Waals surface area (Å²) < 4.78 is 10.8. The van der Waals surface area contributed by atoms with Crippen molar-refractivity contribution in [1.82, 2.24) is 0 Å². The van der Waals surface area contributed by atoms with Gasteiger partial charge in [-0.3, -0.25) is 9.59 Å². The van der Waals surface area contributed by atoms with Crippen LogP contribution in [0.2, 0.25) is 0 Å². The zero-order valence-corrected chi connectivity index (χ0v) is 16.2. The van der Waals surface area contributed by atoms with Gasteiger partial charge in [0.15, 0.2) is 12.4 Å². The molecule has 1 aromatic heterocycles. The summed E-state index contributed by atoms with van der Waals surface area (Å²) in [4.78, 5) is 26.6. The second kappa shape index (κ2) is 8.22. The van der Waals surface area contributed by atoms with E-state index in [2.05, 4.69) is 18.3 Å². The Morgan fingerprint density at radius 3 is 2.86 bits per heavy atom. The Labute approximate surface area is 169 Å². The molecule has 0 unspecified atom stereocenters.